The Balaban J connectivity index is 1.50. The Kier molecular flexibility index (Phi) is 2.33. The average Bonchev–Trinajstić information content (AvgIpc) is 2.98. The third-order valence-corrected chi connectivity index (χ3v) is 4.89. The van der Waals surface area contributed by atoms with E-state index in [4.69, 9.17) is 5.73 Å². The average molecular weight is 208 g/mol. The summed E-state index contributed by atoms with van der Waals surface area (Å²) < 4.78 is 0. The highest BCUT2D eigenvalue weighted by molar-refractivity contribution is 5.10. The largest absolute Gasteiger partial charge is 0.323 e. The summed E-state index contributed by atoms with van der Waals surface area (Å²) >= 11 is 0. The predicted octanol–water partition coefficient (Wildman–Crippen LogP) is 1.99. The Morgan fingerprint density at radius 3 is 2.13 bits per heavy atom. The summed E-state index contributed by atoms with van der Waals surface area (Å²) in [6.07, 6.45) is 8.49. The molecule has 0 radical (unpaired) electrons. The highest BCUT2D eigenvalue weighted by Gasteiger charge is 2.51. The summed E-state index contributed by atoms with van der Waals surface area (Å²) in [5, 5.41) is 0. The van der Waals surface area contributed by atoms with Gasteiger partial charge in [0.25, 0.3) is 0 Å². The van der Waals surface area contributed by atoms with E-state index < -0.39 is 0 Å². The van der Waals surface area contributed by atoms with Gasteiger partial charge in [-0.15, -0.1) is 0 Å². The first-order valence-corrected chi connectivity index (χ1v) is 6.70. The van der Waals surface area contributed by atoms with Crippen LogP contribution in [0.4, 0.5) is 0 Å². The normalized spacial score (nSPS) is 41.2. The van der Waals surface area contributed by atoms with Crippen molar-refractivity contribution in [3.05, 3.63) is 0 Å². The summed E-state index contributed by atoms with van der Waals surface area (Å²) in [5.41, 5.74) is 6.62. The minimum Gasteiger partial charge on any atom is -0.323 e. The molecule has 0 atom stereocenters. The molecule has 0 aromatic heterocycles. The van der Waals surface area contributed by atoms with Gasteiger partial charge < -0.3 is 5.73 Å². The molecule has 3 aliphatic rings. The number of hydrogen-bond acceptors (Lipinski definition) is 2. The predicted molar refractivity (Wildman–Crippen MR) is 62.6 cm³/mol. The van der Waals surface area contributed by atoms with Gasteiger partial charge in [-0.1, -0.05) is 6.92 Å². The molecule has 2 heteroatoms. The van der Waals surface area contributed by atoms with Gasteiger partial charge in [0.2, 0.25) is 0 Å². The lowest BCUT2D eigenvalue weighted by Gasteiger charge is -2.53. The van der Waals surface area contributed by atoms with Crippen LogP contribution in [0.5, 0.6) is 0 Å². The van der Waals surface area contributed by atoms with E-state index in [0.29, 0.717) is 0 Å². The van der Waals surface area contributed by atoms with Crippen molar-refractivity contribution in [2.45, 2.75) is 57.0 Å². The first-order chi connectivity index (χ1) is 7.17. The van der Waals surface area contributed by atoms with Crippen LogP contribution in [0.3, 0.4) is 0 Å². The van der Waals surface area contributed by atoms with Gasteiger partial charge in [-0.05, 0) is 50.4 Å². The molecule has 2 N–H and O–H groups in total. The van der Waals surface area contributed by atoms with E-state index in [2.05, 4.69) is 11.8 Å². The Labute approximate surface area is 93.2 Å². The zero-order valence-electron chi connectivity index (χ0n) is 9.91. The van der Waals surface area contributed by atoms with Crippen molar-refractivity contribution >= 4 is 0 Å². The van der Waals surface area contributed by atoms with Crippen LogP contribution < -0.4 is 5.73 Å². The number of likely N-dealkylation sites (tertiary alicyclic amines) is 1. The van der Waals surface area contributed by atoms with Gasteiger partial charge in [0, 0.05) is 24.7 Å². The Bertz CT molecular complexity index is 233. The lowest BCUT2D eigenvalue weighted by atomic mass is 9.80. The second-order valence-electron chi connectivity index (χ2n) is 6.33. The number of nitrogens with zero attached hydrogens (tertiary/aromatic N) is 1. The van der Waals surface area contributed by atoms with Crippen molar-refractivity contribution in [3.63, 3.8) is 0 Å². The molecular weight excluding hydrogens is 184 g/mol. The van der Waals surface area contributed by atoms with Crippen LogP contribution in [0, 0.1) is 11.8 Å². The maximum Gasteiger partial charge on any atom is 0.0441 e. The molecule has 1 aliphatic heterocycles. The summed E-state index contributed by atoms with van der Waals surface area (Å²) in [6, 6.07) is 0.872. The summed E-state index contributed by atoms with van der Waals surface area (Å²) in [5.74, 6) is 1.84. The standard InChI is InChI=1S/C13H24N2/c1-10-2-6-12(7-3-10)15-8-13(14,9-15)11-4-5-11/h10-12H,2-9,14H2,1H3. The maximum absolute atomic E-state index is 6.39. The van der Waals surface area contributed by atoms with E-state index in [-0.39, 0.29) is 5.54 Å². The lowest BCUT2D eigenvalue weighted by molar-refractivity contribution is -0.00145. The van der Waals surface area contributed by atoms with Crippen molar-refractivity contribution in [1.29, 1.82) is 0 Å². The molecule has 0 spiro atoms. The van der Waals surface area contributed by atoms with Crippen LogP contribution in [-0.4, -0.2) is 29.6 Å². The first-order valence-electron chi connectivity index (χ1n) is 6.70. The van der Waals surface area contributed by atoms with E-state index in [9.17, 15) is 0 Å². The van der Waals surface area contributed by atoms with Crippen LogP contribution in [0.1, 0.15) is 45.4 Å². The van der Waals surface area contributed by atoms with Gasteiger partial charge in [-0.2, -0.15) is 0 Å². The van der Waals surface area contributed by atoms with Crippen LogP contribution in [0.25, 0.3) is 0 Å². The maximum atomic E-state index is 6.39. The van der Waals surface area contributed by atoms with E-state index in [1.807, 2.05) is 0 Å². The van der Waals surface area contributed by atoms with Crippen LogP contribution in [-0.2, 0) is 0 Å². The number of hydrogen-bond donors (Lipinski definition) is 1. The van der Waals surface area contributed by atoms with Crippen molar-refractivity contribution in [2.24, 2.45) is 17.6 Å². The molecule has 86 valence electrons. The summed E-state index contributed by atoms with van der Waals surface area (Å²) in [7, 11) is 0. The minimum atomic E-state index is 0.225. The fourth-order valence-electron chi connectivity index (χ4n) is 3.49. The molecule has 0 amide bonds. The van der Waals surface area contributed by atoms with Crippen molar-refractivity contribution in [2.75, 3.05) is 13.1 Å². The molecule has 2 saturated carbocycles. The minimum absolute atomic E-state index is 0.225. The van der Waals surface area contributed by atoms with E-state index in [0.717, 1.165) is 17.9 Å². The second kappa shape index (κ2) is 3.46. The number of rotatable bonds is 2. The van der Waals surface area contributed by atoms with Gasteiger partial charge in [0.15, 0.2) is 0 Å². The van der Waals surface area contributed by atoms with Crippen molar-refractivity contribution in [1.82, 2.24) is 4.90 Å². The van der Waals surface area contributed by atoms with Gasteiger partial charge in [-0.25, -0.2) is 0 Å². The highest BCUT2D eigenvalue weighted by atomic mass is 15.3. The molecular formula is C13H24N2. The third kappa shape index (κ3) is 1.83. The van der Waals surface area contributed by atoms with Crippen LogP contribution in [0.15, 0.2) is 0 Å². The van der Waals surface area contributed by atoms with E-state index in [1.54, 1.807) is 0 Å². The van der Waals surface area contributed by atoms with Crippen LogP contribution >= 0.6 is 0 Å². The zero-order valence-corrected chi connectivity index (χ0v) is 9.91. The SMILES string of the molecule is CC1CCC(N2CC(N)(C3CC3)C2)CC1. The molecule has 15 heavy (non-hydrogen) atoms. The lowest BCUT2D eigenvalue weighted by Crippen LogP contribution is -2.70. The first kappa shape index (κ1) is 10.1. The van der Waals surface area contributed by atoms with Crippen molar-refractivity contribution < 1.29 is 0 Å². The van der Waals surface area contributed by atoms with Gasteiger partial charge >= 0.3 is 0 Å². The summed E-state index contributed by atoms with van der Waals surface area (Å²) in [6.45, 7) is 4.77. The number of nitrogens with two attached hydrogens (primary N) is 1. The Morgan fingerprint density at radius 2 is 1.60 bits per heavy atom. The molecule has 0 aromatic carbocycles. The fourth-order valence-corrected chi connectivity index (χ4v) is 3.49. The smallest absolute Gasteiger partial charge is 0.0441 e. The molecule has 0 aromatic rings. The molecule has 3 fully saturated rings. The topological polar surface area (TPSA) is 29.3 Å². The van der Waals surface area contributed by atoms with E-state index in [1.165, 1.54) is 51.6 Å². The quantitative estimate of drug-likeness (QED) is 0.752. The molecule has 1 saturated heterocycles. The zero-order chi connectivity index (χ0) is 10.5. The Morgan fingerprint density at radius 1 is 1.00 bits per heavy atom. The molecule has 0 unspecified atom stereocenters. The third-order valence-electron chi connectivity index (χ3n) is 4.89. The van der Waals surface area contributed by atoms with Crippen molar-refractivity contribution in [3.8, 4) is 0 Å². The fraction of sp³-hybridized carbons (Fsp3) is 1.00. The molecule has 2 aliphatic carbocycles. The van der Waals surface area contributed by atoms with Crippen LogP contribution in [0.2, 0.25) is 0 Å². The Hall–Kier alpha value is -0.0800. The molecule has 0 bridgehead atoms. The molecule has 2 nitrogen and oxygen atoms in total. The van der Waals surface area contributed by atoms with Gasteiger partial charge in [-0.3, -0.25) is 4.90 Å². The van der Waals surface area contributed by atoms with E-state index >= 15 is 0 Å². The summed E-state index contributed by atoms with van der Waals surface area (Å²) in [4.78, 5) is 2.66. The molecule has 1 heterocycles. The van der Waals surface area contributed by atoms with Gasteiger partial charge in [0.1, 0.15) is 0 Å². The monoisotopic (exact) mass is 208 g/mol. The highest BCUT2D eigenvalue weighted by Crippen LogP contribution is 2.44. The van der Waals surface area contributed by atoms with Gasteiger partial charge in [0.05, 0.1) is 0 Å². The second-order valence-corrected chi connectivity index (χ2v) is 6.33. The molecule has 3 rings (SSSR count).